The van der Waals surface area contributed by atoms with Crippen LogP contribution in [-0.2, 0) is 22.7 Å². The number of hydrogen-bond donors (Lipinski definition) is 0. The third-order valence-electron chi connectivity index (χ3n) is 10.3. The van der Waals surface area contributed by atoms with Crippen molar-refractivity contribution in [1.29, 1.82) is 0 Å². The predicted molar refractivity (Wildman–Crippen MR) is 190 cm³/mol. The number of fused-ring (bicyclic) bond motifs is 6. The number of hydrogen-bond acceptors (Lipinski definition) is 9. The first-order valence-electron chi connectivity index (χ1n) is 17.4. The van der Waals surface area contributed by atoms with Crippen LogP contribution in [0.4, 0.5) is 23.8 Å². The topological polar surface area (TPSA) is 103 Å². The van der Waals surface area contributed by atoms with Crippen molar-refractivity contribution in [1.82, 2.24) is 34.2 Å². The lowest BCUT2D eigenvalue weighted by molar-refractivity contribution is -0.137. The van der Waals surface area contributed by atoms with Crippen LogP contribution in [0.25, 0.3) is 44.1 Å². The molecule has 15 heteroatoms. The van der Waals surface area contributed by atoms with Crippen LogP contribution in [0.2, 0.25) is 0 Å². The van der Waals surface area contributed by atoms with Crippen molar-refractivity contribution in [2.45, 2.75) is 95.0 Å². The Morgan fingerprint density at radius 2 is 1.80 bits per heavy atom. The van der Waals surface area contributed by atoms with Crippen molar-refractivity contribution in [3.63, 3.8) is 0 Å². The number of aromatic nitrogens is 6. The number of carbonyl (C=O) groups is 1. The average Bonchev–Trinajstić information content (AvgIpc) is 3.72. The van der Waals surface area contributed by atoms with Crippen molar-refractivity contribution >= 4 is 56.5 Å². The van der Waals surface area contributed by atoms with E-state index in [1.807, 2.05) is 49.6 Å². The van der Waals surface area contributed by atoms with E-state index in [4.69, 9.17) is 19.4 Å². The highest BCUT2D eigenvalue weighted by Gasteiger charge is 2.45. The minimum absolute atomic E-state index is 0.0142. The summed E-state index contributed by atoms with van der Waals surface area (Å²) in [6.45, 7) is 8.76. The number of ether oxygens (including phenoxy) is 2. The number of benzene rings is 1. The molecule has 3 aliphatic rings. The van der Waals surface area contributed by atoms with Gasteiger partial charge in [-0.3, -0.25) is 9.88 Å². The largest absolute Gasteiger partial charge is 0.444 e. The van der Waals surface area contributed by atoms with Gasteiger partial charge >= 0.3 is 12.3 Å². The van der Waals surface area contributed by atoms with E-state index in [-0.39, 0.29) is 41.2 Å². The lowest BCUT2D eigenvalue weighted by Gasteiger charge is -2.42. The van der Waals surface area contributed by atoms with Crippen LogP contribution in [0.1, 0.15) is 70.2 Å². The molecule has 51 heavy (non-hydrogen) atoms. The second-order valence-corrected chi connectivity index (χ2v) is 15.6. The van der Waals surface area contributed by atoms with Gasteiger partial charge in [-0.2, -0.15) is 18.3 Å². The van der Waals surface area contributed by atoms with E-state index in [0.717, 1.165) is 37.5 Å². The molecule has 0 N–H and O–H groups in total. The van der Waals surface area contributed by atoms with E-state index in [2.05, 4.69) is 15.0 Å². The first-order valence-corrected chi connectivity index (χ1v) is 18.6. The number of nitrogens with zero attached hydrogens (tertiary/aromatic N) is 8. The molecule has 3 fully saturated rings. The van der Waals surface area contributed by atoms with Gasteiger partial charge in [0.15, 0.2) is 11.4 Å². The van der Waals surface area contributed by atoms with Crippen LogP contribution >= 0.6 is 11.8 Å². The van der Waals surface area contributed by atoms with E-state index >= 15 is 13.2 Å². The maximum Gasteiger partial charge on any atom is 0.417 e. The van der Waals surface area contributed by atoms with Crippen molar-refractivity contribution in [3.05, 3.63) is 35.7 Å². The number of carbonyl (C=O) groups excluding carboxylic acids is 1. The number of piperazine rings is 1. The molecule has 3 atom stereocenters. The molecule has 1 amide bonds. The van der Waals surface area contributed by atoms with Crippen molar-refractivity contribution in [2.24, 2.45) is 7.05 Å². The van der Waals surface area contributed by atoms with Gasteiger partial charge in [-0.15, -0.1) is 0 Å². The lowest BCUT2D eigenvalue weighted by Crippen LogP contribution is -2.57. The average molecular weight is 723 g/mol. The Balaban J connectivity index is 1.32. The molecule has 270 valence electrons. The fraction of sp³-hybridized carbons (Fsp3) is 0.528. The monoisotopic (exact) mass is 722 g/mol. The molecule has 5 aromatic rings. The molecular weight excluding hydrogens is 682 g/mol. The van der Waals surface area contributed by atoms with Gasteiger partial charge in [0.1, 0.15) is 17.1 Å². The second-order valence-electron chi connectivity index (χ2n) is 14.8. The predicted octanol–water partition coefficient (Wildman–Crippen LogP) is 7.87. The Bertz CT molecular complexity index is 2170. The molecule has 3 saturated heterocycles. The van der Waals surface area contributed by atoms with Gasteiger partial charge in [-0.25, -0.2) is 19.4 Å². The first kappa shape index (κ1) is 34.0. The zero-order chi connectivity index (χ0) is 36.0. The van der Waals surface area contributed by atoms with Crippen LogP contribution in [0.15, 0.2) is 29.7 Å². The molecule has 8 rings (SSSR count). The number of aryl methyl sites for hydroxylation is 2. The lowest BCUT2D eigenvalue weighted by atomic mass is 9.94. The van der Waals surface area contributed by atoms with E-state index < -0.39 is 17.3 Å². The Kier molecular flexibility index (Phi) is 8.17. The maximum atomic E-state index is 15.1. The number of halogens is 3. The molecule has 0 aliphatic carbocycles. The Hall–Kier alpha value is -4.11. The molecule has 11 nitrogen and oxygen atoms in total. The minimum Gasteiger partial charge on any atom is -0.444 e. The number of anilines is 1. The summed E-state index contributed by atoms with van der Waals surface area (Å²) in [5.74, 6) is 0.695. The van der Waals surface area contributed by atoms with Gasteiger partial charge in [0, 0.05) is 49.3 Å². The molecule has 1 aromatic carbocycles. The van der Waals surface area contributed by atoms with Crippen LogP contribution in [0.3, 0.4) is 0 Å². The maximum absolute atomic E-state index is 15.1. The van der Waals surface area contributed by atoms with Crippen molar-refractivity contribution in [3.8, 4) is 11.3 Å². The number of thioether (sulfide) groups is 1. The molecule has 2 bridgehead atoms. The number of pyridine rings is 1. The van der Waals surface area contributed by atoms with Gasteiger partial charge in [0.2, 0.25) is 0 Å². The van der Waals surface area contributed by atoms with E-state index in [0.29, 0.717) is 58.1 Å². The Morgan fingerprint density at radius 1 is 1.06 bits per heavy atom. The SMILES string of the molecule is CSc1nc(N2CC3CCC(C2)N3C(=O)OC(C)(C)C)c2c3ccnc(-c4c(C(F)(F)F)c(C)cc5c4cnn5C4CCCCO4)c3n(C)c2n1. The molecule has 3 aliphatic heterocycles. The highest BCUT2D eigenvalue weighted by atomic mass is 32.2. The van der Waals surface area contributed by atoms with Crippen LogP contribution in [0, 0.1) is 6.92 Å². The smallest absolute Gasteiger partial charge is 0.417 e. The van der Waals surface area contributed by atoms with Gasteiger partial charge in [-0.05, 0) is 83.8 Å². The summed E-state index contributed by atoms with van der Waals surface area (Å²) < 4.78 is 60.6. The third-order valence-corrected chi connectivity index (χ3v) is 10.9. The quantitative estimate of drug-likeness (QED) is 0.135. The van der Waals surface area contributed by atoms with Gasteiger partial charge in [0.05, 0.1) is 46.0 Å². The number of amides is 1. The summed E-state index contributed by atoms with van der Waals surface area (Å²) >= 11 is 1.40. The molecule has 0 saturated carbocycles. The summed E-state index contributed by atoms with van der Waals surface area (Å²) in [4.78, 5) is 31.9. The Labute approximate surface area is 297 Å². The highest BCUT2D eigenvalue weighted by molar-refractivity contribution is 7.98. The zero-order valence-corrected chi connectivity index (χ0v) is 30.4. The fourth-order valence-corrected chi connectivity index (χ4v) is 8.62. The van der Waals surface area contributed by atoms with Gasteiger partial charge in [0.25, 0.3) is 0 Å². The molecule has 0 spiro atoms. The highest BCUT2D eigenvalue weighted by Crippen LogP contribution is 2.47. The van der Waals surface area contributed by atoms with E-state index in [9.17, 15) is 4.79 Å². The van der Waals surface area contributed by atoms with Crippen LogP contribution in [0.5, 0.6) is 0 Å². The number of alkyl halides is 3. The van der Waals surface area contributed by atoms with Crippen molar-refractivity contribution in [2.75, 3.05) is 30.9 Å². The third kappa shape index (κ3) is 5.67. The van der Waals surface area contributed by atoms with Gasteiger partial charge < -0.3 is 18.9 Å². The standard InChI is InChI=1S/C36H41F3N8O3S/c1-19-15-24-23(16-41-47(24)25-9-7-8-14-49-25)26(28(19)36(37,38)39)29-30-22(12-13-40-29)27-31(44(30)5)42-33(51-6)43-32(27)45-17-20-10-11-21(18-45)46(20)34(48)50-35(2,3)4/h12-13,15-16,20-21,25H,7-11,14,17-18H2,1-6H3. The first-order chi connectivity index (χ1) is 24.2. The molecule has 3 unspecified atom stereocenters. The van der Waals surface area contributed by atoms with Crippen LogP contribution < -0.4 is 4.90 Å². The summed E-state index contributed by atoms with van der Waals surface area (Å²) in [5.41, 5.74) is 0.618. The van der Waals surface area contributed by atoms with E-state index in [1.165, 1.54) is 24.9 Å². The minimum atomic E-state index is -4.66. The van der Waals surface area contributed by atoms with Crippen molar-refractivity contribution < 1.29 is 27.4 Å². The van der Waals surface area contributed by atoms with E-state index in [1.54, 1.807) is 16.9 Å². The summed E-state index contributed by atoms with van der Waals surface area (Å²) in [6, 6.07) is 3.27. The summed E-state index contributed by atoms with van der Waals surface area (Å²) in [7, 11) is 1.82. The van der Waals surface area contributed by atoms with Gasteiger partial charge in [-0.1, -0.05) is 11.8 Å². The molecule has 7 heterocycles. The summed E-state index contributed by atoms with van der Waals surface area (Å²) in [6.07, 6.45) is 3.97. The second kappa shape index (κ2) is 12.2. The molecule has 0 radical (unpaired) electrons. The zero-order valence-electron chi connectivity index (χ0n) is 29.5. The molecule has 4 aromatic heterocycles. The Morgan fingerprint density at radius 3 is 2.45 bits per heavy atom. The fourth-order valence-electron chi connectivity index (χ4n) is 8.27. The normalized spacial score (nSPS) is 21.4. The molecular formula is C36H41F3N8O3S. The summed E-state index contributed by atoms with van der Waals surface area (Å²) in [5, 5.41) is 6.94. The van der Waals surface area contributed by atoms with Crippen LogP contribution in [-0.4, -0.2) is 83.9 Å². The number of rotatable bonds is 4.